The van der Waals surface area contributed by atoms with Gasteiger partial charge in [0, 0.05) is 15.4 Å². The number of aryl methyl sites for hydroxylation is 1. The van der Waals surface area contributed by atoms with Crippen molar-refractivity contribution in [1.29, 1.82) is 0 Å². The van der Waals surface area contributed by atoms with Gasteiger partial charge in [0.15, 0.2) is 5.76 Å². The molecule has 0 radical (unpaired) electrons. The zero-order valence-electron chi connectivity index (χ0n) is 10.7. The van der Waals surface area contributed by atoms with Gasteiger partial charge in [0.05, 0.1) is 0 Å². The summed E-state index contributed by atoms with van der Waals surface area (Å²) in [6.45, 7) is 1.79. The average Bonchev–Trinajstić information content (AvgIpc) is 3.10. The van der Waals surface area contributed by atoms with Crippen LogP contribution in [0.25, 0.3) is 11.0 Å². The number of halogens is 1. The van der Waals surface area contributed by atoms with E-state index < -0.39 is 17.4 Å². The summed E-state index contributed by atoms with van der Waals surface area (Å²) in [6.07, 6.45) is 0.914. The Morgan fingerprint density at radius 3 is 2.70 bits per heavy atom. The van der Waals surface area contributed by atoms with Gasteiger partial charge in [-0.2, -0.15) is 0 Å². The summed E-state index contributed by atoms with van der Waals surface area (Å²) in [5.41, 5.74) is 0.208. The summed E-state index contributed by atoms with van der Waals surface area (Å²) in [5.74, 6) is -1.30. The lowest BCUT2D eigenvalue weighted by molar-refractivity contribution is -0.140. The molecule has 1 aromatic carbocycles. The summed E-state index contributed by atoms with van der Waals surface area (Å²) in [6, 6.07) is 5.47. The number of rotatable bonds is 3. The van der Waals surface area contributed by atoms with Gasteiger partial charge in [0.1, 0.15) is 11.1 Å². The van der Waals surface area contributed by atoms with Crippen LogP contribution in [0, 0.1) is 6.92 Å². The third kappa shape index (κ3) is 2.00. The molecule has 6 heteroatoms. The quantitative estimate of drug-likeness (QED) is 0.902. The fraction of sp³-hybridized carbons (Fsp3) is 0.286. The van der Waals surface area contributed by atoms with Crippen molar-refractivity contribution in [2.75, 3.05) is 0 Å². The van der Waals surface area contributed by atoms with E-state index in [0.717, 1.165) is 9.86 Å². The second kappa shape index (κ2) is 4.34. The number of furan rings is 1. The van der Waals surface area contributed by atoms with Crippen molar-refractivity contribution in [2.45, 2.75) is 25.3 Å². The summed E-state index contributed by atoms with van der Waals surface area (Å²) < 4.78 is 6.44. The van der Waals surface area contributed by atoms with E-state index in [1.165, 1.54) is 0 Å². The number of carbonyl (C=O) groups is 2. The molecule has 1 aliphatic carbocycles. The molecule has 1 aromatic heterocycles. The van der Waals surface area contributed by atoms with E-state index in [9.17, 15) is 9.59 Å². The number of fused-ring (bicyclic) bond motifs is 1. The van der Waals surface area contributed by atoms with Crippen LogP contribution in [0.3, 0.4) is 0 Å². The highest BCUT2D eigenvalue weighted by Crippen LogP contribution is 2.36. The lowest BCUT2D eigenvalue weighted by Crippen LogP contribution is -2.43. The lowest BCUT2D eigenvalue weighted by Gasteiger charge is -2.11. The van der Waals surface area contributed by atoms with Gasteiger partial charge in [0.25, 0.3) is 5.91 Å². The second-order valence-electron chi connectivity index (χ2n) is 5.04. The molecule has 1 heterocycles. The topological polar surface area (TPSA) is 79.5 Å². The molecule has 3 rings (SSSR count). The van der Waals surface area contributed by atoms with Gasteiger partial charge < -0.3 is 14.8 Å². The number of hydrogen-bond donors (Lipinski definition) is 2. The van der Waals surface area contributed by atoms with Crippen molar-refractivity contribution in [1.82, 2.24) is 5.32 Å². The van der Waals surface area contributed by atoms with Crippen LogP contribution in [-0.2, 0) is 4.79 Å². The number of benzene rings is 1. The molecule has 5 nitrogen and oxygen atoms in total. The molecule has 1 saturated carbocycles. The first-order valence-corrected chi connectivity index (χ1v) is 6.97. The van der Waals surface area contributed by atoms with Gasteiger partial charge in [-0.05, 0) is 38.0 Å². The van der Waals surface area contributed by atoms with Crippen molar-refractivity contribution >= 4 is 38.8 Å². The normalized spacial score (nSPS) is 16.1. The highest BCUT2D eigenvalue weighted by Gasteiger charge is 2.52. The van der Waals surface area contributed by atoms with Crippen molar-refractivity contribution in [3.63, 3.8) is 0 Å². The highest BCUT2D eigenvalue weighted by molar-refractivity contribution is 9.10. The average molecular weight is 338 g/mol. The van der Waals surface area contributed by atoms with Crippen LogP contribution in [0.15, 0.2) is 27.1 Å². The maximum Gasteiger partial charge on any atom is 0.329 e. The van der Waals surface area contributed by atoms with E-state index in [2.05, 4.69) is 21.2 Å². The first-order valence-electron chi connectivity index (χ1n) is 6.17. The van der Waals surface area contributed by atoms with Gasteiger partial charge in [-0.15, -0.1) is 0 Å². The Labute approximate surface area is 123 Å². The van der Waals surface area contributed by atoms with Crippen molar-refractivity contribution in [3.8, 4) is 0 Å². The maximum absolute atomic E-state index is 12.2. The summed E-state index contributed by atoms with van der Waals surface area (Å²) in [7, 11) is 0. The maximum atomic E-state index is 12.2. The zero-order chi connectivity index (χ0) is 14.5. The van der Waals surface area contributed by atoms with Crippen LogP contribution < -0.4 is 5.32 Å². The number of aliphatic carboxylic acids is 1. The molecule has 1 amide bonds. The van der Waals surface area contributed by atoms with E-state index in [4.69, 9.17) is 9.52 Å². The Hall–Kier alpha value is -1.82. The molecule has 0 unspecified atom stereocenters. The van der Waals surface area contributed by atoms with E-state index in [1.54, 1.807) is 13.0 Å². The first-order chi connectivity index (χ1) is 9.43. The summed E-state index contributed by atoms with van der Waals surface area (Å²) in [5, 5.41) is 12.5. The van der Waals surface area contributed by atoms with Crippen molar-refractivity contribution in [2.24, 2.45) is 0 Å². The molecule has 1 aliphatic rings. The van der Waals surface area contributed by atoms with Gasteiger partial charge >= 0.3 is 5.97 Å². The Balaban J connectivity index is 1.96. The van der Waals surface area contributed by atoms with Crippen LogP contribution in [0.5, 0.6) is 0 Å². The number of amides is 1. The third-order valence-electron chi connectivity index (χ3n) is 3.62. The predicted octanol–water partition coefficient (Wildman–Crippen LogP) is 2.85. The minimum absolute atomic E-state index is 0.172. The molecule has 104 valence electrons. The van der Waals surface area contributed by atoms with E-state index >= 15 is 0 Å². The molecule has 0 spiro atoms. The number of carbonyl (C=O) groups excluding carboxylic acids is 1. The number of carboxylic acid groups (broad SMARTS) is 1. The van der Waals surface area contributed by atoms with Gasteiger partial charge in [-0.3, -0.25) is 4.79 Å². The smallest absolute Gasteiger partial charge is 0.329 e. The Morgan fingerprint density at radius 2 is 2.10 bits per heavy atom. The van der Waals surface area contributed by atoms with Crippen LogP contribution in [0.1, 0.15) is 29.0 Å². The second-order valence-corrected chi connectivity index (χ2v) is 5.95. The Bertz CT molecular complexity index is 730. The minimum atomic E-state index is -1.11. The molecular formula is C14H12BrNO4. The largest absolute Gasteiger partial charge is 0.480 e. The first kappa shape index (κ1) is 13.2. The highest BCUT2D eigenvalue weighted by atomic mass is 79.9. The van der Waals surface area contributed by atoms with Crippen LogP contribution in [0.4, 0.5) is 0 Å². The van der Waals surface area contributed by atoms with Gasteiger partial charge in [-0.25, -0.2) is 4.79 Å². The van der Waals surface area contributed by atoms with Crippen molar-refractivity contribution < 1.29 is 19.1 Å². The molecule has 2 N–H and O–H groups in total. The van der Waals surface area contributed by atoms with Gasteiger partial charge in [0.2, 0.25) is 0 Å². The molecule has 2 aromatic rings. The molecule has 0 atom stereocenters. The standard InChI is InChI=1S/C14H12BrNO4/c1-7-9-6-8(15)2-3-10(9)20-11(7)12(17)16-14(4-5-14)13(18)19/h2-3,6H,4-5H2,1H3,(H,16,17)(H,18,19). The molecule has 0 saturated heterocycles. The van der Waals surface area contributed by atoms with Crippen LogP contribution in [0.2, 0.25) is 0 Å². The van der Waals surface area contributed by atoms with E-state index in [0.29, 0.717) is 24.0 Å². The van der Waals surface area contributed by atoms with Crippen LogP contribution >= 0.6 is 15.9 Å². The molecule has 1 fully saturated rings. The van der Waals surface area contributed by atoms with Crippen LogP contribution in [-0.4, -0.2) is 22.5 Å². The molecule has 0 aliphatic heterocycles. The molecule has 0 bridgehead atoms. The van der Waals surface area contributed by atoms with E-state index in [1.807, 2.05) is 12.1 Å². The number of nitrogens with one attached hydrogen (secondary N) is 1. The Morgan fingerprint density at radius 1 is 1.40 bits per heavy atom. The number of hydrogen-bond acceptors (Lipinski definition) is 3. The fourth-order valence-electron chi connectivity index (χ4n) is 2.20. The zero-order valence-corrected chi connectivity index (χ0v) is 12.3. The van der Waals surface area contributed by atoms with Crippen molar-refractivity contribution in [3.05, 3.63) is 34.0 Å². The lowest BCUT2D eigenvalue weighted by atomic mass is 10.1. The summed E-state index contributed by atoms with van der Waals surface area (Å²) >= 11 is 3.37. The monoisotopic (exact) mass is 337 g/mol. The minimum Gasteiger partial charge on any atom is -0.480 e. The predicted molar refractivity (Wildman–Crippen MR) is 75.7 cm³/mol. The fourth-order valence-corrected chi connectivity index (χ4v) is 2.56. The molecule has 20 heavy (non-hydrogen) atoms. The Kier molecular flexibility index (Phi) is 2.86. The van der Waals surface area contributed by atoms with Gasteiger partial charge in [-0.1, -0.05) is 15.9 Å². The SMILES string of the molecule is Cc1c(C(=O)NC2(C(=O)O)CC2)oc2ccc(Br)cc12. The number of carboxylic acids is 1. The third-order valence-corrected chi connectivity index (χ3v) is 4.11. The summed E-state index contributed by atoms with van der Waals surface area (Å²) in [4.78, 5) is 23.3. The van der Waals surface area contributed by atoms with E-state index in [-0.39, 0.29) is 5.76 Å². The molecular weight excluding hydrogens is 326 g/mol.